The first-order chi connectivity index (χ1) is 7.43. The van der Waals surface area contributed by atoms with Gasteiger partial charge in [-0.3, -0.25) is 4.79 Å². The van der Waals surface area contributed by atoms with Crippen molar-refractivity contribution in [1.29, 1.82) is 0 Å². The molecule has 0 aromatic heterocycles. The summed E-state index contributed by atoms with van der Waals surface area (Å²) in [6.45, 7) is -1.76. The van der Waals surface area contributed by atoms with Crippen molar-refractivity contribution in [2.75, 3.05) is 0 Å². The van der Waals surface area contributed by atoms with Gasteiger partial charge in [0.15, 0.2) is 5.78 Å². The molecule has 0 fully saturated rings. The van der Waals surface area contributed by atoms with E-state index in [0.717, 1.165) is 0 Å². The lowest BCUT2D eigenvalue weighted by atomic mass is 10.1. The number of hydrogen-bond donors (Lipinski definition) is 0. The summed E-state index contributed by atoms with van der Waals surface area (Å²) in [6, 6.07) is 4.31. The van der Waals surface area contributed by atoms with E-state index in [1.165, 1.54) is 25.1 Å². The lowest BCUT2D eigenvalue weighted by Gasteiger charge is -2.14. The van der Waals surface area contributed by atoms with E-state index in [9.17, 15) is 13.6 Å². The van der Waals surface area contributed by atoms with Gasteiger partial charge in [-0.1, -0.05) is 23.7 Å². The van der Waals surface area contributed by atoms with Crippen LogP contribution in [0.15, 0.2) is 18.2 Å². The molecule has 0 heterocycles. The number of halogens is 4. The number of Topliss-reactive ketones (excluding diaryl/α,β-unsaturated/α-hetero) is 1. The van der Waals surface area contributed by atoms with Crippen LogP contribution in [0.1, 0.15) is 17.9 Å². The van der Waals surface area contributed by atoms with E-state index >= 15 is 0 Å². The highest BCUT2D eigenvalue weighted by Gasteiger charge is 2.21. The van der Waals surface area contributed by atoms with Gasteiger partial charge in [-0.15, -0.1) is 11.6 Å². The summed E-state index contributed by atoms with van der Waals surface area (Å²) in [5.41, 5.74) is 0.141. The van der Waals surface area contributed by atoms with Crippen LogP contribution in [0.2, 0.25) is 5.02 Å². The van der Waals surface area contributed by atoms with Crippen molar-refractivity contribution in [3.63, 3.8) is 0 Å². The molecular weight excluding hydrogens is 261 g/mol. The highest BCUT2D eigenvalue weighted by atomic mass is 35.5. The van der Waals surface area contributed by atoms with E-state index in [0.29, 0.717) is 0 Å². The zero-order valence-electron chi connectivity index (χ0n) is 8.22. The lowest BCUT2D eigenvalue weighted by molar-refractivity contribution is -0.116. The van der Waals surface area contributed by atoms with Crippen molar-refractivity contribution in [3.05, 3.63) is 28.8 Å². The third-order valence-corrected chi connectivity index (χ3v) is 2.67. The Hall–Kier alpha value is -0.870. The van der Waals surface area contributed by atoms with Crippen molar-refractivity contribution >= 4 is 29.0 Å². The summed E-state index contributed by atoms with van der Waals surface area (Å²) in [7, 11) is 0. The molecule has 1 atom stereocenters. The number of alkyl halides is 3. The van der Waals surface area contributed by atoms with E-state index in [2.05, 4.69) is 4.74 Å². The molecule has 1 rings (SSSR count). The van der Waals surface area contributed by atoms with Gasteiger partial charge in [0.05, 0.1) is 5.02 Å². The first-order valence-electron chi connectivity index (χ1n) is 4.31. The van der Waals surface area contributed by atoms with Crippen molar-refractivity contribution < 1.29 is 18.3 Å². The molecule has 1 aromatic carbocycles. The Balaban J connectivity index is 3.17. The van der Waals surface area contributed by atoms with Crippen molar-refractivity contribution in [1.82, 2.24) is 0 Å². The Labute approximate surface area is 101 Å². The molecule has 0 spiro atoms. The fourth-order valence-electron chi connectivity index (χ4n) is 1.16. The van der Waals surface area contributed by atoms with Crippen LogP contribution in [0, 0.1) is 0 Å². The average Bonchev–Trinajstić information content (AvgIpc) is 2.19. The zero-order chi connectivity index (χ0) is 12.3. The van der Waals surface area contributed by atoms with Gasteiger partial charge in [0, 0.05) is 5.56 Å². The molecule has 1 unspecified atom stereocenters. The summed E-state index contributed by atoms with van der Waals surface area (Å²) in [5.74, 6) is -0.627. The van der Waals surface area contributed by atoms with Gasteiger partial charge in [-0.05, 0) is 13.0 Å². The van der Waals surface area contributed by atoms with Crippen LogP contribution in [0.25, 0.3) is 0 Å². The standard InChI is InChI=1S/C10H8Cl2F2O2/c1-5(15)8(12)6-3-2-4-7(11)9(6)16-10(13)14/h2-4,8,10H,1H3. The number of benzene rings is 1. The molecule has 0 saturated carbocycles. The van der Waals surface area contributed by atoms with E-state index < -0.39 is 12.0 Å². The van der Waals surface area contributed by atoms with Crippen LogP contribution in [0.5, 0.6) is 5.75 Å². The summed E-state index contributed by atoms with van der Waals surface area (Å²) >= 11 is 11.5. The average molecular weight is 269 g/mol. The monoisotopic (exact) mass is 268 g/mol. The molecule has 0 N–H and O–H groups in total. The van der Waals surface area contributed by atoms with Gasteiger partial charge in [0.1, 0.15) is 11.1 Å². The predicted octanol–water partition coefficient (Wildman–Crippen LogP) is 3.81. The Kier molecular flexibility index (Phi) is 4.50. The second-order valence-corrected chi connectivity index (χ2v) is 3.85. The van der Waals surface area contributed by atoms with Crippen LogP contribution in [-0.4, -0.2) is 12.4 Å². The summed E-state index contributed by atoms with van der Waals surface area (Å²) in [6.07, 6.45) is 0. The number of para-hydroxylation sites is 1. The molecule has 2 nitrogen and oxygen atoms in total. The highest BCUT2D eigenvalue weighted by Crippen LogP contribution is 2.36. The third kappa shape index (κ3) is 3.06. The Morgan fingerprint density at radius 2 is 2.06 bits per heavy atom. The maximum absolute atomic E-state index is 12.1. The maximum atomic E-state index is 12.1. The molecule has 6 heteroatoms. The van der Waals surface area contributed by atoms with Crippen LogP contribution in [0.4, 0.5) is 8.78 Å². The first kappa shape index (κ1) is 13.2. The fourth-order valence-corrected chi connectivity index (χ4v) is 1.56. The molecule has 0 bridgehead atoms. The molecular formula is C10H8Cl2F2O2. The quantitative estimate of drug-likeness (QED) is 0.777. The Bertz CT molecular complexity index is 396. The minimum absolute atomic E-state index is 0.00954. The minimum Gasteiger partial charge on any atom is -0.433 e. The van der Waals surface area contributed by atoms with Crippen LogP contribution >= 0.6 is 23.2 Å². The normalized spacial score (nSPS) is 12.6. The molecule has 16 heavy (non-hydrogen) atoms. The summed E-state index contributed by atoms with van der Waals surface area (Å²) in [5, 5.41) is -1.06. The van der Waals surface area contributed by atoms with Crippen LogP contribution in [-0.2, 0) is 4.79 Å². The number of carbonyl (C=O) groups excluding carboxylic acids is 1. The highest BCUT2D eigenvalue weighted by molar-refractivity contribution is 6.34. The SMILES string of the molecule is CC(=O)C(Cl)c1cccc(Cl)c1OC(F)F. The van der Waals surface area contributed by atoms with E-state index in [1.54, 1.807) is 0 Å². The second kappa shape index (κ2) is 5.46. The molecule has 1 aromatic rings. The molecule has 0 amide bonds. The van der Waals surface area contributed by atoms with Crippen LogP contribution < -0.4 is 4.74 Å². The third-order valence-electron chi connectivity index (χ3n) is 1.83. The van der Waals surface area contributed by atoms with Gasteiger partial charge in [-0.2, -0.15) is 8.78 Å². The molecule has 0 aliphatic carbocycles. The Morgan fingerprint density at radius 3 is 2.56 bits per heavy atom. The molecule has 0 radical (unpaired) electrons. The van der Waals surface area contributed by atoms with E-state index in [1.807, 2.05) is 0 Å². The number of ketones is 1. The molecule has 0 saturated heterocycles. The number of rotatable bonds is 4. The van der Waals surface area contributed by atoms with E-state index in [4.69, 9.17) is 23.2 Å². The number of carbonyl (C=O) groups is 1. The fraction of sp³-hybridized carbons (Fsp3) is 0.300. The molecule has 88 valence electrons. The van der Waals surface area contributed by atoms with Gasteiger partial charge in [-0.25, -0.2) is 0 Å². The predicted molar refractivity (Wildman–Crippen MR) is 57.4 cm³/mol. The smallest absolute Gasteiger partial charge is 0.387 e. The van der Waals surface area contributed by atoms with Gasteiger partial charge >= 0.3 is 6.61 Å². The molecule has 0 aliphatic heterocycles. The Morgan fingerprint density at radius 1 is 1.44 bits per heavy atom. The maximum Gasteiger partial charge on any atom is 0.387 e. The van der Waals surface area contributed by atoms with E-state index in [-0.39, 0.29) is 22.1 Å². The zero-order valence-corrected chi connectivity index (χ0v) is 9.73. The largest absolute Gasteiger partial charge is 0.433 e. The van der Waals surface area contributed by atoms with Gasteiger partial charge in [0.2, 0.25) is 0 Å². The van der Waals surface area contributed by atoms with Crippen molar-refractivity contribution in [2.24, 2.45) is 0 Å². The second-order valence-electron chi connectivity index (χ2n) is 3.01. The van der Waals surface area contributed by atoms with Gasteiger partial charge < -0.3 is 4.74 Å². The number of ether oxygens (including phenoxy) is 1. The summed E-state index contributed by atoms with van der Waals surface area (Å²) in [4.78, 5) is 11.1. The van der Waals surface area contributed by atoms with Crippen molar-refractivity contribution in [3.8, 4) is 5.75 Å². The first-order valence-corrected chi connectivity index (χ1v) is 5.12. The minimum atomic E-state index is -3.02. The van der Waals surface area contributed by atoms with Crippen LogP contribution in [0.3, 0.4) is 0 Å². The summed E-state index contributed by atoms with van der Waals surface area (Å²) < 4.78 is 28.5. The molecule has 0 aliphatic rings. The van der Waals surface area contributed by atoms with Gasteiger partial charge in [0.25, 0.3) is 0 Å². The lowest BCUT2D eigenvalue weighted by Crippen LogP contribution is -2.09. The number of hydrogen-bond acceptors (Lipinski definition) is 2. The van der Waals surface area contributed by atoms with Crippen molar-refractivity contribution in [2.45, 2.75) is 18.9 Å². The topological polar surface area (TPSA) is 26.3 Å².